The van der Waals surface area contributed by atoms with Gasteiger partial charge < -0.3 is 9.80 Å². The molecule has 0 unspecified atom stereocenters. The zero-order chi connectivity index (χ0) is 15.8. The van der Waals surface area contributed by atoms with E-state index >= 15 is 0 Å². The third-order valence-corrected chi connectivity index (χ3v) is 4.13. The lowest BCUT2D eigenvalue weighted by Gasteiger charge is -2.23. The Morgan fingerprint density at radius 2 is 1.81 bits per heavy atom. The third kappa shape index (κ3) is 6.35. The highest BCUT2D eigenvalue weighted by Gasteiger charge is 2.14. The fourth-order valence-corrected chi connectivity index (χ4v) is 2.51. The second-order valence-electron chi connectivity index (χ2n) is 5.42. The fraction of sp³-hybridized carbons (Fsp3) is 0.562. The predicted octanol–water partition coefficient (Wildman–Crippen LogP) is 3.84. The first-order valence-corrected chi connectivity index (χ1v) is 8.05. The molecule has 0 saturated carbocycles. The Morgan fingerprint density at radius 3 is 2.43 bits per heavy atom. The number of hydrogen-bond acceptors (Lipinski definition) is 3. The molecule has 1 aromatic carbocycles. The largest absolute Gasteiger partial charge is 0.308 e. The van der Waals surface area contributed by atoms with Crippen molar-refractivity contribution in [3.05, 3.63) is 33.8 Å². The van der Waals surface area contributed by atoms with Crippen LogP contribution in [0.2, 0.25) is 10.0 Å². The van der Waals surface area contributed by atoms with Crippen LogP contribution in [-0.2, 0) is 0 Å². The predicted molar refractivity (Wildman–Crippen MR) is 90.7 cm³/mol. The van der Waals surface area contributed by atoms with Gasteiger partial charge in [-0.25, -0.2) is 0 Å². The molecule has 0 saturated heterocycles. The molecule has 5 heteroatoms. The van der Waals surface area contributed by atoms with E-state index in [1.165, 1.54) is 0 Å². The summed E-state index contributed by atoms with van der Waals surface area (Å²) in [5, 5.41) is 0.792. The quantitative estimate of drug-likeness (QED) is 0.643. The third-order valence-electron chi connectivity index (χ3n) is 3.31. The van der Waals surface area contributed by atoms with Gasteiger partial charge in [0.05, 0.1) is 10.0 Å². The summed E-state index contributed by atoms with van der Waals surface area (Å²) >= 11 is 12.0. The van der Waals surface area contributed by atoms with Crippen LogP contribution in [0.15, 0.2) is 18.2 Å². The Labute approximate surface area is 137 Å². The van der Waals surface area contributed by atoms with Crippen molar-refractivity contribution in [2.75, 3.05) is 40.3 Å². The van der Waals surface area contributed by atoms with Crippen molar-refractivity contribution in [3.63, 3.8) is 0 Å². The summed E-state index contributed by atoms with van der Waals surface area (Å²) in [6.07, 6.45) is 1.55. The molecule has 0 spiro atoms. The van der Waals surface area contributed by atoms with Crippen molar-refractivity contribution >= 4 is 29.0 Å². The second kappa shape index (κ2) is 9.42. The fourth-order valence-electron chi connectivity index (χ4n) is 2.11. The van der Waals surface area contributed by atoms with Gasteiger partial charge in [-0.15, -0.1) is 0 Å². The first-order chi connectivity index (χ1) is 9.95. The van der Waals surface area contributed by atoms with Crippen LogP contribution in [0.25, 0.3) is 0 Å². The minimum atomic E-state index is 0.0495. The van der Waals surface area contributed by atoms with E-state index in [4.69, 9.17) is 23.2 Å². The number of rotatable bonds is 9. The van der Waals surface area contributed by atoms with Crippen LogP contribution in [0.4, 0.5) is 0 Å². The molecular weight excluding hydrogens is 307 g/mol. The van der Waals surface area contributed by atoms with Crippen LogP contribution in [-0.4, -0.2) is 55.9 Å². The molecule has 118 valence electrons. The minimum Gasteiger partial charge on any atom is -0.308 e. The van der Waals surface area contributed by atoms with Crippen molar-refractivity contribution in [2.24, 2.45) is 0 Å². The number of halogens is 2. The average Bonchev–Trinajstić information content (AvgIpc) is 2.44. The van der Waals surface area contributed by atoms with Crippen LogP contribution >= 0.6 is 23.2 Å². The molecule has 0 atom stereocenters. The van der Waals surface area contributed by atoms with Gasteiger partial charge in [0.2, 0.25) is 0 Å². The Balaban J connectivity index is 2.58. The number of hydrogen-bond donors (Lipinski definition) is 0. The molecule has 0 N–H and O–H groups in total. The van der Waals surface area contributed by atoms with Crippen molar-refractivity contribution in [3.8, 4) is 0 Å². The highest BCUT2D eigenvalue weighted by Crippen LogP contribution is 2.26. The number of likely N-dealkylation sites (N-methyl/N-ethyl adjacent to an activating group) is 1. The van der Waals surface area contributed by atoms with E-state index in [1.54, 1.807) is 18.2 Å². The van der Waals surface area contributed by atoms with Crippen molar-refractivity contribution < 1.29 is 4.79 Å². The van der Waals surface area contributed by atoms with Gasteiger partial charge in [-0.1, -0.05) is 36.2 Å². The van der Waals surface area contributed by atoms with Gasteiger partial charge in [0.1, 0.15) is 0 Å². The Morgan fingerprint density at radius 1 is 1.10 bits per heavy atom. The molecule has 21 heavy (non-hydrogen) atoms. The SMILES string of the molecule is CCCN(CCC(=O)c1cccc(Cl)c1Cl)CCN(C)C. The lowest BCUT2D eigenvalue weighted by atomic mass is 10.1. The summed E-state index contributed by atoms with van der Waals surface area (Å²) in [4.78, 5) is 16.8. The number of nitrogens with zero attached hydrogens (tertiary/aromatic N) is 2. The monoisotopic (exact) mass is 330 g/mol. The first-order valence-electron chi connectivity index (χ1n) is 7.30. The van der Waals surface area contributed by atoms with E-state index in [1.807, 2.05) is 0 Å². The zero-order valence-corrected chi connectivity index (χ0v) is 14.5. The molecule has 0 aliphatic heterocycles. The number of Topliss-reactive ketones (excluding diaryl/α,β-unsaturated/α-hetero) is 1. The van der Waals surface area contributed by atoms with Crippen molar-refractivity contribution in [1.82, 2.24) is 9.80 Å². The maximum absolute atomic E-state index is 12.3. The normalized spacial score (nSPS) is 11.4. The Hall–Kier alpha value is -0.610. The van der Waals surface area contributed by atoms with Gasteiger partial charge >= 0.3 is 0 Å². The Bertz CT molecular complexity index is 464. The number of ketones is 1. The van der Waals surface area contributed by atoms with E-state index in [2.05, 4.69) is 30.8 Å². The van der Waals surface area contributed by atoms with Crippen LogP contribution in [0.1, 0.15) is 30.1 Å². The maximum Gasteiger partial charge on any atom is 0.165 e. The van der Waals surface area contributed by atoms with Gasteiger partial charge in [-0.3, -0.25) is 4.79 Å². The lowest BCUT2D eigenvalue weighted by Crippen LogP contribution is -2.34. The standard InChI is InChI=1S/C16H24Cl2N2O/c1-4-9-20(12-11-19(2)3)10-8-15(21)13-6-5-7-14(17)16(13)18/h5-7H,4,8-12H2,1-3H3. The van der Waals surface area contributed by atoms with Gasteiger partial charge in [-0.05, 0) is 39.2 Å². The lowest BCUT2D eigenvalue weighted by molar-refractivity contribution is 0.0962. The van der Waals surface area contributed by atoms with E-state index in [9.17, 15) is 4.79 Å². The molecule has 1 rings (SSSR count). The molecular formula is C16H24Cl2N2O. The topological polar surface area (TPSA) is 23.6 Å². The molecule has 0 bridgehead atoms. The molecule has 0 fully saturated rings. The van der Waals surface area contributed by atoms with E-state index in [0.29, 0.717) is 22.0 Å². The second-order valence-corrected chi connectivity index (χ2v) is 6.20. The number of carbonyl (C=O) groups excluding carboxylic acids is 1. The van der Waals surface area contributed by atoms with Crippen LogP contribution in [0.5, 0.6) is 0 Å². The molecule has 0 amide bonds. The maximum atomic E-state index is 12.3. The molecule has 3 nitrogen and oxygen atoms in total. The van der Waals surface area contributed by atoms with Crippen LogP contribution in [0.3, 0.4) is 0 Å². The summed E-state index contributed by atoms with van der Waals surface area (Å²) in [6.45, 7) is 5.87. The summed E-state index contributed by atoms with van der Waals surface area (Å²) in [7, 11) is 4.11. The molecule has 0 aromatic heterocycles. The van der Waals surface area contributed by atoms with Crippen LogP contribution in [0, 0.1) is 0 Å². The van der Waals surface area contributed by atoms with E-state index in [0.717, 1.165) is 32.6 Å². The van der Waals surface area contributed by atoms with Gasteiger partial charge in [0.15, 0.2) is 5.78 Å². The van der Waals surface area contributed by atoms with Crippen molar-refractivity contribution in [1.29, 1.82) is 0 Å². The number of benzene rings is 1. The van der Waals surface area contributed by atoms with Gasteiger partial charge in [0.25, 0.3) is 0 Å². The highest BCUT2D eigenvalue weighted by atomic mass is 35.5. The van der Waals surface area contributed by atoms with Gasteiger partial charge in [-0.2, -0.15) is 0 Å². The molecule has 0 heterocycles. The molecule has 0 aliphatic carbocycles. The Kier molecular flexibility index (Phi) is 8.27. The zero-order valence-electron chi connectivity index (χ0n) is 13.0. The molecule has 0 aliphatic rings. The summed E-state index contributed by atoms with van der Waals surface area (Å²) < 4.78 is 0. The average molecular weight is 331 g/mol. The van der Waals surface area contributed by atoms with Crippen molar-refractivity contribution in [2.45, 2.75) is 19.8 Å². The first kappa shape index (κ1) is 18.4. The summed E-state index contributed by atoms with van der Waals surface area (Å²) in [5.41, 5.74) is 0.522. The number of carbonyl (C=O) groups is 1. The van der Waals surface area contributed by atoms with Crippen LogP contribution < -0.4 is 0 Å². The van der Waals surface area contributed by atoms with Gasteiger partial charge in [0, 0.05) is 31.6 Å². The summed E-state index contributed by atoms with van der Waals surface area (Å²) in [6, 6.07) is 5.19. The molecule has 1 aromatic rings. The highest BCUT2D eigenvalue weighted by molar-refractivity contribution is 6.43. The summed E-state index contributed by atoms with van der Waals surface area (Å²) in [5.74, 6) is 0.0495. The minimum absolute atomic E-state index is 0.0495. The van der Waals surface area contributed by atoms with E-state index < -0.39 is 0 Å². The van der Waals surface area contributed by atoms with E-state index in [-0.39, 0.29) is 5.78 Å². The molecule has 0 radical (unpaired) electrons. The smallest absolute Gasteiger partial charge is 0.165 e.